The van der Waals surface area contributed by atoms with E-state index in [0.717, 1.165) is 80.2 Å². The number of hydrogen-bond acceptors (Lipinski definition) is 4. The maximum atomic E-state index is 12.3. The van der Waals surface area contributed by atoms with Crippen molar-refractivity contribution in [3.05, 3.63) is 35.7 Å². The number of aromatic amines is 1. The lowest BCUT2D eigenvalue weighted by molar-refractivity contribution is -0.113. The number of benzene rings is 1. The zero-order valence-electron chi connectivity index (χ0n) is 14.4. The van der Waals surface area contributed by atoms with Gasteiger partial charge in [0.25, 0.3) is 5.91 Å². The number of anilines is 1. The number of carbonyl (C=O) groups excluding carboxylic acids is 1. The third-order valence-corrected chi connectivity index (χ3v) is 4.85. The lowest BCUT2D eigenvalue weighted by Gasteiger charge is -2.25. The van der Waals surface area contributed by atoms with E-state index < -0.39 is 0 Å². The average molecular weight is 340 g/mol. The Hall–Kier alpha value is -2.18. The quantitative estimate of drug-likeness (QED) is 0.898. The zero-order valence-corrected chi connectivity index (χ0v) is 14.4. The number of hydrogen-bond donors (Lipinski definition) is 2. The summed E-state index contributed by atoms with van der Waals surface area (Å²) >= 11 is 0. The summed E-state index contributed by atoms with van der Waals surface area (Å²) in [5.41, 5.74) is 3.60. The molecule has 6 heteroatoms. The molecule has 2 aromatic rings. The van der Waals surface area contributed by atoms with Gasteiger partial charge in [-0.2, -0.15) is 0 Å². The largest absolute Gasteiger partial charge is 0.379 e. The van der Waals surface area contributed by atoms with Crippen molar-refractivity contribution >= 4 is 22.6 Å². The molecule has 1 aliphatic carbocycles. The molecule has 0 radical (unpaired) electrons. The number of carbonyl (C=O) groups is 1. The van der Waals surface area contributed by atoms with Gasteiger partial charge in [-0.15, -0.1) is 0 Å². The molecule has 1 saturated heterocycles. The monoisotopic (exact) mass is 340 g/mol. The molecule has 0 spiro atoms. The first-order chi connectivity index (χ1) is 12.3. The molecule has 6 nitrogen and oxygen atoms in total. The van der Waals surface area contributed by atoms with Crippen LogP contribution in [0.1, 0.15) is 31.5 Å². The Labute approximate surface area is 147 Å². The smallest absolute Gasteiger partial charge is 0.251 e. The van der Waals surface area contributed by atoms with Gasteiger partial charge in [-0.05, 0) is 43.9 Å². The molecule has 1 fully saturated rings. The fourth-order valence-corrected chi connectivity index (χ4v) is 3.44. The minimum Gasteiger partial charge on any atom is -0.379 e. The van der Waals surface area contributed by atoms with Gasteiger partial charge in [0.2, 0.25) is 0 Å². The number of ether oxygens (including phenoxy) is 1. The van der Waals surface area contributed by atoms with Crippen molar-refractivity contribution in [2.24, 2.45) is 0 Å². The van der Waals surface area contributed by atoms with Gasteiger partial charge in [-0.25, -0.2) is 4.98 Å². The third kappa shape index (κ3) is 3.91. The van der Waals surface area contributed by atoms with Crippen LogP contribution in [0.2, 0.25) is 0 Å². The van der Waals surface area contributed by atoms with Gasteiger partial charge >= 0.3 is 0 Å². The highest BCUT2D eigenvalue weighted by molar-refractivity contribution is 6.04. The molecule has 1 aliphatic heterocycles. The molecule has 0 bridgehead atoms. The first kappa shape index (κ1) is 16.3. The SMILES string of the molecule is O=C(Nc1ccc2nc(CN3CCOCC3)[nH]c2c1)C1=CCCCC1. The van der Waals surface area contributed by atoms with E-state index in [1.807, 2.05) is 18.2 Å². The highest BCUT2D eigenvalue weighted by atomic mass is 16.5. The molecule has 2 aliphatic rings. The van der Waals surface area contributed by atoms with Gasteiger partial charge in [0, 0.05) is 24.4 Å². The highest BCUT2D eigenvalue weighted by Gasteiger charge is 2.15. The summed E-state index contributed by atoms with van der Waals surface area (Å²) in [6.07, 6.45) is 6.23. The number of rotatable bonds is 4. The Kier molecular flexibility index (Phi) is 4.81. The molecule has 1 amide bonds. The summed E-state index contributed by atoms with van der Waals surface area (Å²) < 4.78 is 5.38. The van der Waals surface area contributed by atoms with Gasteiger partial charge in [-0.3, -0.25) is 9.69 Å². The van der Waals surface area contributed by atoms with Crippen LogP contribution in [-0.2, 0) is 16.1 Å². The standard InChI is InChI=1S/C19H24N4O2/c24-19(14-4-2-1-3-5-14)20-15-6-7-16-17(12-15)22-18(21-16)13-23-8-10-25-11-9-23/h4,6-7,12H,1-3,5,8-11,13H2,(H,20,24)(H,21,22). The summed E-state index contributed by atoms with van der Waals surface area (Å²) in [7, 11) is 0. The number of H-pyrrole nitrogens is 1. The average Bonchev–Trinajstić information content (AvgIpc) is 3.04. The molecule has 1 aromatic heterocycles. The molecule has 1 aromatic carbocycles. The van der Waals surface area contributed by atoms with Crippen LogP contribution in [0.5, 0.6) is 0 Å². The second kappa shape index (κ2) is 7.37. The summed E-state index contributed by atoms with van der Waals surface area (Å²) in [5.74, 6) is 0.975. The predicted molar refractivity (Wildman–Crippen MR) is 97.4 cm³/mol. The number of amides is 1. The van der Waals surface area contributed by atoms with E-state index in [1.54, 1.807) is 0 Å². The van der Waals surface area contributed by atoms with Crippen molar-refractivity contribution in [2.75, 3.05) is 31.6 Å². The number of fused-ring (bicyclic) bond motifs is 1. The number of aromatic nitrogens is 2. The van der Waals surface area contributed by atoms with Crippen LogP contribution in [0.4, 0.5) is 5.69 Å². The highest BCUT2D eigenvalue weighted by Crippen LogP contribution is 2.21. The van der Waals surface area contributed by atoms with Crippen LogP contribution in [-0.4, -0.2) is 47.1 Å². The lowest BCUT2D eigenvalue weighted by atomic mass is 9.99. The van der Waals surface area contributed by atoms with E-state index >= 15 is 0 Å². The molecule has 2 heterocycles. The van der Waals surface area contributed by atoms with Crippen molar-refractivity contribution in [1.82, 2.24) is 14.9 Å². The second-order valence-electron chi connectivity index (χ2n) is 6.73. The van der Waals surface area contributed by atoms with E-state index in [-0.39, 0.29) is 5.91 Å². The van der Waals surface area contributed by atoms with Gasteiger partial charge in [0.15, 0.2) is 0 Å². The molecule has 0 saturated carbocycles. The predicted octanol–water partition coefficient (Wildman–Crippen LogP) is 2.83. The summed E-state index contributed by atoms with van der Waals surface area (Å²) in [6.45, 7) is 4.24. The van der Waals surface area contributed by atoms with Crippen molar-refractivity contribution in [2.45, 2.75) is 32.2 Å². The van der Waals surface area contributed by atoms with Crippen LogP contribution >= 0.6 is 0 Å². The van der Waals surface area contributed by atoms with E-state index in [4.69, 9.17) is 4.74 Å². The van der Waals surface area contributed by atoms with Crippen LogP contribution in [0, 0.1) is 0 Å². The van der Waals surface area contributed by atoms with Crippen molar-refractivity contribution in [3.8, 4) is 0 Å². The van der Waals surface area contributed by atoms with Crippen molar-refractivity contribution < 1.29 is 9.53 Å². The van der Waals surface area contributed by atoms with E-state index in [1.165, 1.54) is 6.42 Å². The number of nitrogens with zero attached hydrogens (tertiary/aromatic N) is 2. The van der Waals surface area contributed by atoms with Gasteiger partial charge in [-0.1, -0.05) is 6.08 Å². The van der Waals surface area contributed by atoms with Crippen molar-refractivity contribution in [1.29, 1.82) is 0 Å². The maximum absolute atomic E-state index is 12.3. The minimum absolute atomic E-state index is 0.0205. The summed E-state index contributed by atoms with van der Waals surface area (Å²) in [6, 6.07) is 5.84. The Balaban J connectivity index is 1.46. The van der Waals surface area contributed by atoms with Crippen LogP contribution < -0.4 is 5.32 Å². The van der Waals surface area contributed by atoms with Crippen LogP contribution in [0.3, 0.4) is 0 Å². The summed E-state index contributed by atoms with van der Waals surface area (Å²) in [5, 5.41) is 3.01. The van der Waals surface area contributed by atoms with E-state index in [0.29, 0.717) is 0 Å². The molecule has 0 unspecified atom stereocenters. The van der Waals surface area contributed by atoms with Gasteiger partial charge in [0.05, 0.1) is 30.8 Å². The molecular weight excluding hydrogens is 316 g/mol. The number of morpholine rings is 1. The second-order valence-corrected chi connectivity index (χ2v) is 6.73. The number of nitrogens with one attached hydrogen (secondary N) is 2. The first-order valence-corrected chi connectivity index (χ1v) is 9.07. The Morgan fingerprint density at radius 2 is 2.16 bits per heavy atom. The number of allylic oxidation sites excluding steroid dienone is 1. The minimum atomic E-state index is 0.0205. The first-order valence-electron chi connectivity index (χ1n) is 9.07. The van der Waals surface area contributed by atoms with Gasteiger partial charge < -0.3 is 15.0 Å². The Bertz CT molecular complexity index is 790. The van der Waals surface area contributed by atoms with Crippen LogP contribution in [0.25, 0.3) is 11.0 Å². The van der Waals surface area contributed by atoms with Gasteiger partial charge in [0.1, 0.15) is 5.82 Å². The number of imidazole rings is 1. The Morgan fingerprint density at radius 1 is 1.28 bits per heavy atom. The Morgan fingerprint density at radius 3 is 2.96 bits per heavy atom. The van der Waals surface area contributed by atoms with E-state index in [9.17, 15) is 4.79 Å². The zero-order chi connectivity index (χ0) is 17.1. The maximum Gasteiger partial charge on any atom is 0.251 e. The molecule has 0 atom stereocenters. The lowest BCUT2D eigenvalue weighted by Crippen LogP contribution is -2.35. The van der Waals surface area contributed by atoms with Crippen molar-refractivity contribution in [3.63, 3.8) is 0 Å². The molecule has 25 heavy (non-hydrogen) atoms. The molecule has 4 rings (SSSR count). The van der Waals surface area contributed by atoms with Crippen LogP contribution in [0.15, 0.2) is 29.8 Å². The third-order valence-electron chi connectivity index (χ3n) is 4.85. The molecule has 2 N–H and O–H groups in total. The summed E-state index contributed by atoms with van der Waals surface area (Å²) in [4.78, 5) is 22.7. The topological polar surface area (TPSA) is 70.2 Å². The fourth-order valence-electron chi connectivity index (χ4n) is 3.44. The normalized spacial score (nSPS) is 19.0. The van der Waals surface area contributed by atoms with E-state index in [2.05, 4.69) is 26.3 Å². The fraction of sp³-hybridized carbons (Fsp3) is 0.474. The molecular formula is C19H24N4O2. The molecule has 132 valence electrons.